The van der Waals surface area contributed by atoms with Gasteiger partial charge in [0.2, 0.25) is 0 Å². The lowest BCUT2D eigenvalue weighted by Gasteiger charge is -2.32. The van der Waals surface area contributed by atoms with Crippen molar-refractivity contribution in [2.24, 2.45) is 0 Å². The molecule has 1 aliphatic heterocycles. The molecule has 1 aliphatic rings. The van der Waals surface area contributed by atoms with Gasteiger partial charge >= 0.3 is 7.12 Å². The van der Waals surface area contributed by atoms with Gasteiger partial charge in [-0.25, -0.2) is 4.98 Å². The van der Waals surface area contributed by atoms with Crippen molar-refractivity contribution in [3.05, 3.63) is 12.1 Å². The van der Waals surface area contributed by atoms with Crippen LogP contribution in [-0.4, -0.2) is 33.8 Å². The highest BCUT2D eigenvalue weighted by molar-refractivity contribution is 7.84. The maximum Gasteiger partial charge on any atom is 0.498 e. The molecule has 19 heavy (non-hydrogen) atoms. The van der Waals surface area contributed by atoms with Gasteiger partial charge in [-0.15, -0.1) is 0 Å². The molecule has 2 rings (SSSR count). The van der Waals surface area contributed by atoms with Crippen molar-refractivity contribution in [3.63, 3.8) is 0 Å². The predicted octanol–water partition coefficient (Wildman–Crippen LogP) is 0.700. The van der Waals surface area contributed by atoms with Crippen molar-refractivity contribution in [3.8, 4) is 0 Å². The molecule has 2 heterocycles. The molecule has 0 bridgehead atoms. The standard InChI is InChI=1S/C12H19BN2O3S/c1-11(2)12(3,4)18-13(17-11)8-6-7-9(19(5)16)15-10(8)14/h6-7H,1-5H3,(H2,14,15). The summed E-state index contributed by atoms with van der Waals surface area (Å²) in [7, 11) is -1.70. The topological polar surface area (TPSA) is 74.4 Å². The van der Waals surface area contributed by atoms with Crippen molar-refractivity contribution in [2.45, 2.75) is 43.9 Å². The van der Waals surface area contributed by atoms with Gasteiger partial charge in [0, 0.05) is 11.7 Å². The highest BCUT2D eigenvalue weighted by Gasteiger charge is 2.52. The Balaban J connectivity index is 2.33. The average Bonchev–Trinajstić information content (AvgIpc) is 2.47. The van der Waals surface area contributed by atoms with Gasteiger partial charge in [0.1, 0.15) is 10.8 Å². The molecule has 0 aromatic carbocycles. The Kier molecular flexibility index (Phi) is 3.49. The Labute approximate surface area is 116 Å². The van der Waals surface area contributed by atoms with E-state index in [1.807, 2.05) is 27.7 Å². The first kappa shape index (κ1) is 14.5. The van der Waals surface area contributed by atoms with E-state index in [4.69, 9.17) is 15.0 Å². The summed E-state index contributed by atoms with van der Waals surface area (Å²) in [6, 6.07) is 3.45. The van der Waals surface area contributed by atoms with Crippen molar-refractivity contribution in [1.82, 2.24) is 4.98 Å². The van der Waals surface area contributed by atoms with Gasteiger partial charge in [-0.3, -0.25) is 4.21 Å². The predicted molar refractivity (Wildman–Crippen MR) is 76.7 cm³/mol. The summed E-state index contributed by atoms with van der Waals surface area (Å²) in [5, 5.41) is 0.456. The molecular formula is C12H19BN2O3S. The summed E-state index contributed by atoms with van der Waals surface area (Å²) in [5.74, 6) is 0.297. The Hall–Kier alpha value is -0.915. The molecule has 1 unspecified atom stereocenters. The van der Waals surface area contributed by atoms with Crippen LogP contribution >= 0.6 is 0 Å². The van der Waals surface area contributed by atoms with Gasteiger partial charge in [0.25, 0.3) is 0 Å². The number of nitrogen functional groups attached to an aromatic ring is 1. The first-order chi connectivity index (χ1) is 8.64. The second-order valence-corrected chi connectivity index (χ2v) is 6.99. The molecule has 1 aromatic heterocycles. The van der Waals surface area contributed by atoms with Crippen molar-refractivity contribution >= 4 is 29.2 Å². The molecule has 0 spiro atoms. The van der Waals surface area contributed by atoms with E-state index in [9.17, 15) is 4.21 Å². The van der Waals surface area contributed by atoms with Gasteiger partial charge in [0.15, 0.2) is 0 Å². The SMILES string of the molecule is CS(=O)c1ccc(B2OC(C)(C)C(C)(C)O2)c(N)n1. The van der Waals surface area contributed by atoms with Crippen LogP contribution < -0.4 is 11.2 Å². The summed E-state index contributed by atoms with van der Waals surface area (Å²) in [5.41, 5.74) is 5.74. The molecule has 5 nitrogen and oxygen atoms in total. The molecule has 7 heteroatoms. The van der Waals surface area contributed by atoms with Crippen LogP contribution in [0.15, 0.2) is 17.2 Å². The second kappa shape index (κ2) is 4.57. The molecular weight excluding hydrogens is 263 g/mol. The lowest BCUT2D eigenvalue weighted by atomic mass is 9.79. The van der Waals surface area contributed by atoms with E-state index in [1.165, 1.54) is 0 Å². The Morgan fingerprint density at radius 3 is 2.16 bits per heavy atom. The molecule has 0 radical (unpaired) electrons. The highest BCUT2D eigenvalue weighted by Crippen LogP contribution is 2.36. The number of pyridine rings is 1. The molecule has 0 aliphatic carbocycles. The molecule has 1 fully saturated rings. The van der Waals surface area contributed by atoms with E-state index < -0.39 is 29.1 Å². The van der Waals surface area contributed by atoms with E-state index in [2.05, 4.69) is 4.98 Å². The summed E-state index contributed by atoms with van der Waals surface area (Å²) >= 11 is 0. The molecule has 1 atom stereocenters. The van der Waals surface area contributed by atoms with Gasteiger partial charge in [0.05, 0.1) is 22.0 Å². The number of rotatable bonds is 2. The third kappa shape index (κ3) is 2.54. The zero-order valence-corrected chi connectivity index (χ0v) is 12.7. The fourth-order valence-electron chi connectivity index (χ4n) is 1.80. The number of hydrogen-bond donors (Lipinski definition) is 1. The molecule has 2 N–H and O–H groups in total. The van der Waals surface area contributed by atoms with Crippen molar-refractivity contribution in [2.75, 3.05) is 12.0 Å². The zero-order chi connectivity index (χ0) is 14.4. The van der Waals surface area contributed by atoms with Crippen LogP contribution in [0.4, 0.5) is 5.82 Å². The maximum atomic E-state index is 11.4. The van der Waals surface area contributed by atoms with E-state index >= 15 is 0 Å². The third-order valence-corrected chi connectivity index (χ3v) is 4.55. The quantitative estimate of drug-likeness (QED) is 0.808. The summed E-state index contributed by atoms with van der Waals surface area (Å²) in [6.07, 6.45) is 1.57. The average molecular weight is 282 g/mol. The number of anilines is 1. The second-order valence-electron chi connectivity index (χ2n) is 5.67. The summed E-state index contributed by atoms with van der Waals surface area (Å²) in [6.45, 7) is 7.91. The maximum absolute atomic E-state index is 11.4. The fourth-order valence-corrected chi connectivity index (χ4v) is 2.28. The first-order valence-electron chi connectivity index (χ1n) is 6.09. The van der Waals surface area contributed by atoms with Crippen LogP contribution in [-0.2, 0) is 20.1 Å². The van der Waals surface area contributed by atoms with E-state index in [-0.39, 0.29) is 0 Å². The monoisotopic (exact) mass is 282 g/mol. The van der Waals surface area contributed by atoms with Crippen LogP contribution in [0.2, 0.25) is 0 Å². The third-order valence-electron chi connectivity index (χ3n) is 3.73. The largest absolute Gasteiger partial charge is 0.498 e. The normalized spacial score (nSPS) is 22.5. The lowest BCUT2D eigenvalue weighted by Crippen LogP contribution is -2.41. The van der Waals surface area contributed by atoms with Gasteiger partial charge in [-0.1, -0.05) is 6.07 Å². The molecule has 0 saturated carbocycles. The van der Waals surface area contributed by atoms with E-state index in [0.717, 1.165) is 0 Å². The minimum absolute atomic E-state index is 0.297. The fraction of sp³-hybridized carbons (Fsp3) is 0.583. The highest BCUT2D eigenvalue weighted by atomic mass is 32.2. The first-order valence-corrected chi connectivity index (χ1v) is 7.65. The minimum atomic E-state index is -1.15. The number of nitrogens with two attached hydrogens (primary N) is 1. The Morgan fingerprint density at radius 2 is 1.74 bits per heavy atom. The minimum Gasteiger partial charge on any atom is -0.399 e. The zero-order valence-electron chi connectivity index (χ0n) is 11.9. The van der Waals surface area contributed by atoms with Crippen LogP contribution in [0.5, 0.6) is 0 Å². The van der Waals surface area contributed by atoms with E-state index in [0.29, 0.717) is 16.3 Å². The number of nitrogens with zero attached hydrogens (tertiary/aromatic N) is 1. The molecule has 0 amide bonds. The molecule has 104 valence electrons. The van der Waals surface area contributed by atoms with Gasteiger partial charge in [-0.05, 0) is 33.8 Å². The van der Waals surface area contributed by atoms with Crippen LogP contribution in [0.1, 0.15) is 27.7 Å². The van der Waals surface area contributed by atoms with Crippen molar-refractivity contribution in [1.29, 1.82) is 0 Å². The van der Waals surface area contributed by atoms with Crippen LogP contribution in [0.3, 0.4) is 0 Å². The van der Waals surface area contributed by atoms with E-state index in [1.54, 1.807) is 18.4 Å². The summed E-state index contributed by atoms with van der Waals surface area (Å²) in [4.78, 5) is 4.13. The summed E-state index contributed by atoms with van der Waals surface area (Å²) < 4.78 is 23.2. The van der Waals surface area contributed by atoms with Crippen LogP contribution in [0.25, 0.3) is 0 Å². The number of hydrogen-bond acceptors (Lipinski definition) is 5. The number of aromatic nitrogens is 1. The van der Waals surface area contributed by atoms with Crippen molar-refractivity contribution < 1.29 is 13.5 Å². The molecule has 1 saturated heterocycles. The van der Waals surface area contributed by atoms with Gasteiger partial charge < -0.3 is 15.0 Å². The Morgan fingerprint density at radius 1 is 1.21 bits per heavy atom. The van der Waals surface area contributed by atoms with Crippen LogP contribution in [0, 0.1) is 0 Å². The molecule has 1 aromatic rings. The Bertz CT molecular complexity index is 518. The van der Waals surface area contributed by atoms with Gasteiger partial charge in [-0.2, -0.15) is 0 Å². The lowest BCUT2D eigenvalue weighted by molar-refractivity contribution is 0.00578. The smallest absolute Gasteiger partial charge is 0.399 e.